The zero-order chi connectivity index (χ0) is 14.5. The zero-order valence-corrected chi connectivity index (χ0v) is 13.2. The Balaban J connectivity index is 2.47. The van der Waals surface area contributed by atoms with Crippen LogP contribution in [0.2, 0.25) is 0 Å². The summed E-state index contributed by atoms with van der Waals surface area (Å²) in [4.78, 5) is 2.60. The maximum absolute atomic E-state index is 5.51. The predicted molar refractivity (Wildman–Crippen MR) is 84.1 cm³/mol. The van der Waals surface area contributed by atoms with E-state index in [0.717, 1.165) is 23.6 Å². The SMILES string of the molecule is CCNC(c1ccc(C)s1)c1cc(OC)ccc1OC. The summed E-state index contributed by atoms with van der Waals surface area (Å²) in [5, 5.41) is 3.53. The van der Waals surface area contributed by atoms with Gasteiger partial charge in [-0.3, -0.25) is 0 Å². The van der Waals surface area contributed by atoms with Crippen LogP contribution in [0.25, 0.3) is 0 Å². The molecule has 2 aromatic rings. The van der Waals surface area contributed by atoms with Gasteiger partial charge in [0, 0.05) is 15.3 Å². The number of hydrogen-bond acceptors (Lipinski definition) is 4. The maximum Gasteiger partial charge on any atom is 0.124 e. The summed E-state index contributed by atoms with van der Waals surface area (Å²) in [6.07, 6.45) is 0. The second-order valence-corrected chi connectivity index (χ2v) is 5.87. The van der Waals surface area contributed by atoms with Gasteiger partial charge in [-0.25, -0.2) is 0 Å². The lowest BCUT2D eigenvalue weighted by atomic mass is 10.0. The first-order valence-electron chi connectivity index (χ1n) is 6.71. The van der Waals surface area contributed by atoms with E-state index >= 15 is 0 Å². The summed E-state index contributed by atoms with van der Waals surface area (Å²) >= 11 is 1.80. The first-order chi connectivity index (χ1) is 9.69. The molecule has 0 aliphatic rings. The second kappa shape index (κ2) is 6.77. The van der Waals surface area contributed by atoms with Crippen LogP contribution in [0.5, 0.6) is 11.5 Å². The summed E-state index contributed by atoms with van der Waals surface area (Å²) < 4.78 is 10.9. The van der Waals surface area contributed by atoms with Crippen molar-refractivity contribution in [3.63, 3.8) is 0 Å². The van der Waals surface area contributed by atoms with Crippen molar-refractivity contribution >= 4 is 11.3 Å². The second-order valence-electron chi connectivity index (χ2n) is 4.55. The largest absolute Gasteiger partial charge is 0.497 e. The third-order valence-corrected chi connectivity index (χ3v) is 4.27. The molecule has 0 radical (unpaired) electrons. The van der Waals surface area contributed by atoms with Gasteiger partial charge in [0.25, 0.3) is 0 Å². The van der Waals surface area contributed by atoms with Gasteiger partial charge in [-0.05, 0) is 43.8 Å². The highest BCUT2D eigenvalue weighted by Gasteiger charge is 2.19. The van der Waals surface area contributed by atoms with Gasteiger partial charge in [0.2, 0.25) is 0 Å². The Morgan fingerprint density at radius 2 is 1.95 bits per heavy atom. The van der Waals surface area contributed by atoms with E-state index in [1.54, 1.807) is 25.6 Å². The number of benzene rings is 1. The number of ether oxygens (including phenoxy) is 2. The van der Waals surface area contributed by atoms with Crippen LogP contribution in [-0.4, -0.2) is 20.8 Å². The Morgan fingerprint density at radius 1 is 1.15 bits per heavy atom. The van der Waals surface area contributed by atoms with E-state index in [-0.39, 0.29) is 6.04 Å². The van der Waals surface area contributed by atoms with Gasteiger partial charge in [0.1, 0.15) is 11.5 Å². The van der Waals surface area contributed by atoms with Gasteiger partial charge in [-0.2, -0.15) is 0 Å². The molecule has 0 aliphatic carbocycles. The standard InChI is InChI=1S/C16H21NO2S/c1-5-17-16(15-9-6-11(2)20-15)13-10-12(18-3)7-8-14(13)19-4/h6-10,16-17H,5H2,1-4H3. The average Bonchev–Trinajstić information content (AvgIpc) is 2.90. The van der Waals surface area contributed by atoms with E-state index in [1.165, 1.54) is 9.75 Å². The van der Waals surface area contributed by atoms with Crippen LogP contribution in [0.3, 0.4) is 0 Å². The van der Waals surface area contributed by atoms with Crippen LogP contribution in [0, 0.1) is 6.92 Å². The Hall–Kier alpha value is -1.52. The van der Waals surface area contributed by atoms with Crippen LogP contribution in [-0.2, 0) is 0 Å². The van der Waals surface area contributed by atoms with E-state index in [4.69, 9.17) is 9.47 Å². The lowest BCUT2D eigenvalue weighted by Crippen LogP contribution is -2.21. The minimum absolute atomic E-state index is 0.128. The fraction of sp³-hybridized carbons (Fsp3) is 0.375. The van der Waals surface area contributed by atoms with Crippen molar-refractivity contribution in [1.29, 1.82) is 0 Å². The monoisotopic (exact) mass is 291 g/mol. The third-order valence-electron chi connectivity index (χ3n) is 3.20. The molecule has 1 heterocycles. The van der Waals surface area contributed by atoms with Crippen LogP contribution >= 0.6 is 11.3 Å². The summed E-state index contributed by atoms with van der Waals surface area (Å²) in [6.45, 7) is 5.13. The third kappa shape index (κ3) is 3.14. The van der Waals surface area contributed by atoms with Gasteiger partial charge in [0.05, 0.1) is 20.3 Å². The fourth-order valence-corrected chi connectivity index (χ4v) is 3.21. The molecular weight excluding hydrogens is 270 g/mol. The number of thiophene rings is 1. The zero-order valence-electron chi connectivity index (χ0n) is 12.4. The Kier molecular flexibility index (Phi) is 5.04. The van der Waals surface area contributed by atoms with Crippen LogP contribution in [0.1, 0.15) is 28.3 Å². The van der Waals surface area contributed by atoms with Gasteiger partial charge in [-0.1, -0.05) is 6.92 Å². The predicted octanol–water partition coefficient (Wildman–Crippen LogP) is 3.77. The van der Waals surface area contributed by atoms with Crippen molar-refractivity contribution in [3.05, 3.63) is 45.6 Å². The molecule has 1 N–H and O–H groups in total. The summed E-state index contributed by atoms with van der Waals surface area (Å²) in [5.41, 5.74) is 1.11. The molecule has 20 heavy (non-hydrogen) atoms. The number of methoxy groups -OCH3 is 2. The molecule has 0 amide bonds. The van der Waals surface area contributed by atoms with Gasteiger partial charge in [-0.15, -0.1) is 11.3 Å². The minimum atomic E-state index is 0.128. The molecule has 4 heteroatoms. The lowest BCUT2D eigenvalue weighted by molar-refractivity contribution is 0.394. The van der Waals surface area contributed by atoms with E-state index in [1.807, 2.05) is 18.2 Å². The number of nitrogens with one attached hydrogen (secondary N) is 1. The topological polar surface area (TPSA) is 30.5 Å². The first-order valence-corrected chi connectivity index (χ1v) is 7.52. The highest BCUT2D eigenvalue weighted by molar-refractivity contribution is 7.12. The summed E-state index contributed by atoms with van der Waals surface area (Å²) in [7, 11) is 3.39. The first kappa shape index (κ1) is 14.9. The molecule has 0 fully saturated rings. The molecule has 1 aromatic heterocycles. The van der Waals surface area contributed by atoms with E-state index in [2.05, 4.69) is 31.3 Å². The smallest absolute Gasteiger partial charge is 0.124 e. The van der Waals surface area contributed by atoms with E-state index in [9.17, 15) is 0 Å². The van der Waals surface area contributed by atoms with Gasteiger partial charge in [0.15, 0.2) is 0 Å². The molecule has 1 atom stereocenters. The van der Waals surface area contributed by atoms with E-state index in [0.29, 0.717) is 0 Å². The molecule has 1 unspecified atom stereocenters. The van der Waals surface area contributed by atoms with Crippen LogP contribution in [0.15, 0.2) is 30.3 Å². The van der Waals surface area contributed by atoms with E-state index < -0.39 is 0 Å². The van der Waals surface area contributed by atoms with Gasteiger partial charge < -0.3 is 14.8 Å². The molecular formula is C16H21NO2S. The normalized spacial score (nSPS) is 12.2. The highest BCUT2D eigenvalue weighted by Crippen LogP contribution is 2.35. The van der Waals surface area contributed by atoms with Crippen molar-refractivity contribution in [2.45, 2.75) is 19.9 Å². The van der Waals surface area contributed by atoms with Crippen molar-refractivity contribution in [2.24, 2.45) is 0 Å². The van der Waals surface area contributed by atoms with Crippen LogP contribution < -0.4 is 14.8 Å². The number of aryl methyl sites for hydroxylation is 1. The summed E-state index contributed by atoms with van der Waals surface area (Å²) in [5.74, 6) is 1.72. The number of rotatable bonds is 6. The quantitative estimate of drug-likeness (QED) is 0.878. The number of hydrogen-bond donors (Lipinski definition) is 1. The molecule has 108 valence electrons. The molecule has 0 aliphatic heterocycles. The average molecular weight is 291 g/mol. The maximum atomic E-state index is 5.51. The molecule has 0 bridgehead atoms. The molecule has 0 saturated heterocycles. The Bertz CT molecular complexity index is 565. The molecule has 0 spiro atoms. The highest BCUT2D eigenvalue weighted by atomic mass is 32.1. The molecule has 1 aromatic carbocycles. The molecule has 2 rings (SSSR count). The summed E-state index contributed by atoms with van der Waals surface area (Å²) in [6, 6.07) is 10.4. The van der Waals surface area contributed by atoms with Crippen molar-refractivity contribution < 1.29 is 9.47 Å². The van der Waals surface area contributed by atoms with Crippen molar-refractivity contribution in [2.75, 3.05) is 20.8 Å². The molecule has 3 nitrogen and oxygen atoms in total. The Morgan fingerprint density at radius 3 is 2.50 bits per heavy atom. The van der Waals surface area contributed by atoms with Crippen molar-refractivity contribution in [3.8, 4) is 11.5 Å². The Labute approximate surface area is 124 Å². The van der Waals surface area contributed by atoms with Crippen LogP contribution in [0.4, 0.5) is 0 Å². The lowest BCUT2D eigenvalue weighted by Gasteiger charge is -2.20. The minimum Gasteiger partial charge on any atom is -0.497 e. The fourth-order valence-electron chi connectivity index (χ4n) is 2.24. The molecule has 0 saturated carbocycles. The van der Waals surface area contributed by atoms with Crippen molar-refractivity contribution in [1.82, 2.24) is 5.32 Å². The van der Waals surface area contributed by atoms with Gasteiger partial charge >= 0.3 is 0 Å².